The van der Waals surface area contributed by atoms with Crippen LogP contribution in [0.4, 0.5) is 5.69 Å². The molecular formula is C12H12N4O5. The zero-order valence-electron chi connectivity index (χ0n) is 11.3. The highest BCUT2D eigenvalue weighted by Gasteiger charge is 2.24. The first-order valence-corrected chi connectivity index (χ1v) is 5.99. The van der Waals surface area contributed by atoms with Crippen molar-refractivity contribution in [2.75, 3.05) is 13.7 Å². The average molecular weight is 292 g/mol. The van der Waals surface area contributed by atoms with Crippen molar-refractivity contribution in [2.24, 2.45) is 0 Å². The fourth-order valence-electron chi connectivity index (χ4n) is 1.72. The van der Waals surface area contributed by atoms with Gasteiger partial charge in [-0.25, -0.2) is 14.5 Å². The monoisotopic (exact) mass is 292 g/mol. The molecule has 110 valence electrons. The van der Waals surface area contributed by atoms with E-state index in [0.29, 0.717) is 0 Å². The van der Waals surface area contributed by atoms with Crippen LogP contribution in [-0.4, -0.2) is 39.4 Å². The van der Waals surface area contributed by atoms with Crippen LogP contribution in [-0.2, 0) is 4.74 Å². The van der Waals surface area contributed by atoms with Crippen molar-refractivity contribution in [2.45, 2.75) is 6.92 Å². The Morgan fingerprint density at radius 1 is 1.48 bits per heavy atom. The van der Waals surface area contributed by atoms with Crippen LogP contribution in [0, 0.1) is 10.1 Å². The second-order valence-electron chi connectivity index (χ2n) is 3.82. The molecule has 0 spiro atoms. The molecule has 21 heavy (non-hydrogen) atoms. The molecule has 0 saturated heterocycles. The number of esters is 1. The molecule has 2 rings (SSSR count). The summed E-state index contributed by atoms with van der Waals surface area (Å²) in [5, 5.41) is 15.1. The molecule has 0 aliphatic heterocycles. The van der Waals surface area contributed by atoms with E-state index in [9.17, 15) is 14.9 Å². The first-order valence-electron chi connectivity index (χ1n) is 5.99. The van der Waals surface area contributed by atoms with E-state index in [1.165, 1.54) is 25.6 Å². The van der Waals surface area contributed by atoms with Crippen LogP contribution in [0.15, 0.2) is 24.5 Å². The Morgan fingerprint density at radius 3 is 2.86 bits per heavy atom. The molecule has 0 fully saturated rings. The lowest BCUT2D eigenvalue weighted by molar-refractivity contribution is -0.385. The van der Waals surface area contributed by atoms with Gasteiger partial charge in [0.1, 0.15) is 12.0 Å². The van der Waals surface area contributed by atoms with E-state index in [2.05, 4.69) is 14.8 Å². The Morgan fingerprint density at radius 2 is 2.24 bits per heavy atom. The van der Waals surface area contributed by atoms with Crippen LogP contribution in [0.5, 0.6) is 5.75 Å². The second-order valence-corrected chi connectivity index (χ2v) is 3.82. The van der Waals surface area contributed by atoms with Crippen LogP contribution in [0.25, 0.3) is 5.69 Å². The number of nitro groups is 1. The minimum absolute atomic E-state index is 0.120. The number of para-hydroxylation sites is 1. The van der Waals surface area contributed by atoms with Gasteiger partial charge in [0.15, 0.2) is 5.75 Å². The maximum atomic E-state index is 11.3. The molecule has 9 heteroatoms. The number of carbonyl (C=O) groups is 1. The highest BCUT2D eigenvalue weighted by molar-refractivity contribution is 5.84. The maximum absolute atomic E-state index is 11.3. The van der Waals surface area contributed by atoms with Crippen LogP contribution in [0.2, 0.25) is 0 Å². The summed E-state index contributed by atoms with van der Waals surface area (Å²) in [6, 6.07) is 4.56. The molecule has 0 aliphatic carbocycles. The lowest BCUT2D eigenvalue weighted by Gasteiger charge is -2.07. The summed E-state index contributed by atoms with van der Waals surface area (Å²) in [5.41, 5.74) is -0.103. The van der Waals surface area contributed by atoms with Gasteiger partial charge in [-0.05, 0) is 19.1 Å². The van der Waals surface area contributed by atoms with Crippen molar-refractivity contribution in [3.05, 3.63) is 40.5 Å². The number of hydrogen-bond donors (Lipinski definition) is 0. The zero-order chi connectivity index (χ0) is 15.4. The third kappa shape index (κ3) is 2.81. The molecule has 1 aromatic carbocycles. The summed E-state index contributed by atoms with van der Waals surface area (Å²) in [7, 11) is 1.20. The molecule has 0 unspecified atom stereocenters. The van der Waals surface area contributed by atoms with E-state index in [4.69, 9.17) is 4.74 Å². The van der Waals surface area contributed by atoms with Gasteiger partial charge in [0.05, 0.1) is 18.6 Å². The van der Waals surface area contributed by atoms with Gasteiger partial charge in [-0.15, -0.1) is 5.10 Å². The molecule has 0 bridgehead atoms. The van der Waals surface area contributed by atoms with E-state index in [0.717, 1.165) is 4.68 Å². The fraction of sp³-hybridized carbons (Fsp3) is 0.250. The van der Waals surface area contributed by atoms with Gasteiger partial charge in [0.2, 0.25) is 0 Å². The molecule has 0 aliphatic rings. The van der Waals surface area contributed by atoms with Crippen molar-refractivity contribution >= 4 is 11.7 Å². The predicted molar refractivity (Wildman–Crippen MR) is 70.5 cm³/mol. The fourth-order valence-corrected chi connectivity index (χ4v) is 1.72. The van der Waals surface area contributed by atoms with E-state index in [1.807, 2.05) is 0 Å². The second kappa shape index (κ2) is 5.99. The van der Waals surface area contributed by atoms with E-state index < -0.39 is 10.9 Å². The number of carbonyl (C=O) groups excluding carboxylic acids is 1. The molecular weight excluding hydrogens is 280 g/mol. The van der Waals surface area contributed by atoms with Gasteiger partial charge in [-0.2, -0.15) is 0 Å². The van der Waals surface area contributed by atoms with Crippen LogP contribution in [0.3, 0.4) is 0 Å². The Labute approximate surface area is 119 Å². The van der Waals surface area contributed by atoms with Crippen molar-refractivity contribution in [1.29, 1.82) is 0 Å². The number of ether oxygens (including phenoxy) is 2. The van der Waals surface area contributed by atoms with Gasteiger partial charge >= 0.3 is 11.7 Å². The summed E-state index contributed by atoms with van der Waals surface area (Å²) in [5.74, 6) is -0.791. The SMILES string of the molecule is CCOc1cccc(-n2cnc(C(=O)OC)n2)c1[N+](=O)[O-]. The van der Waals surface area contributed by atoms with E-state index >= 15 is 0 Å². The number of methoxy groups -OCH3 is 1. The average Bonchev–Trinajstić information content (AvgIpc) is 2.96. The summed E-state index contributed by atoms with van der Waals surface area (Å²) < 4.78 is 10.9. The summed E-state index contributed by atoms with van der Waals surface area (Å²) >= 11 is 0. The number of aromatic nitrogens is 3. The quantitative estimate of drug-likeness (QED) is 0.465. The third-order valence-corrected chi connectivity index (χ3v) is 2.57. The number of benzene rings is 1. The maximum Gasteiger partial charge on any atom is 0.377 e. The minimum Gasteiger partial charge on any atom is -0.487 e. The van der Waals surface area contributed by atoms with Gasteiger partial charge in [0, 0.05) is 0 Å². The van der Waals surface area contributed by atoms with Crippen LogP contribution < -0.4 is 4.74 Å². The van der Waals surface area contributed by atoms with Crippen molar-refractivity contribution in [3.8, 4) is 11.4 Å². The number of nitrogens with zero attached hydrogens (tertiary/aromatic N) is 4. The van der Waals surface area contributed by atoms with Gasteiger partial charge in [0.25, 0.3) is 5.82 Å². The van der Waals surface area contributed by atoms with E-state index in [-0.39, 0.29) is 29.6 Å². The summed E-state index contributed by atoms with van der Waals surface area (Å²) in [6.07, 6.45) is 1.20. The third-order valence-electron chi connectivity index (χ3n) is 2.57. The Hall–Kier alpha value is -2.97. The molecule has 0 amide bonds. The molecule has 2 aromatic rings. The minimum atomic E-state index is -0.725. The summed E-state index contributed by atoms with van der Waals surface area (Å²) in [6.45, 7) is 2.01. The Bertz CT molecular complexity index is 682. The molecule has 0 radical (unpaired) electrons. The Kier molecular flexibility index (Phi) is 4.12. The summed E-state index contributed by atoms with van der Waals surface area (Å²) in [4.78, 5) is 25.8. The van der Waals surface area contributed by atoms with Gasteiger partial charge in [-0.1, -0.05) is 6.07 Å². The van der Waals surface area contributed by atoms with Gasteiger partial charge in [-0.3, -0.25) is 10.1 Å². The van der Waals surface area contributed by atoms with Crippen LogP contribution >= 0.6 is 0 Å². The smallest absolute Gasteiger partial charge is 0.377 e. The molecule has 0 saturated carbocycles. The highest BCUT2D eigenvalue weighted by Crippen LogP contribution is 2.32. The highest BCUT2D eigenvalue weighted by atomic mass is 16.6. The van der Waals surface area contributed by atoms with Crippen molar-refractivity contribution in [3.63, 3.8) is 0 Å². The Balaban J connectivity index is 2.53. The first-order chi connectivity index (χ1) is 10.1. The lowest BCUT2D eigenvalue weighted by atomic mass is 10.2. The predicted octanol–water partition coefficient (Wildman–Crippen LogP) is 1.36. The molecule has 0 atom stereocenters. The number of rotatable bonds is 5. The largest absolute Gasteiger partial charge is 0.487 e. The molecule has 1 aromatic heterocycles. The molecule has 1 heterocycles. The normalized spacial score (nSPS) is 10.2. The number of hydrogen-bond acceptors (Lipinski definition) is 7. The van der Waals surface area contributed by atoms with Gasteiger partial charge < -0.3 is 9.47 Å². The number of nitro benzene ring substituents is 1. The molecule has 9 nitrogen and oxygen atoms in total. The van der Waals surface area contributed by atoms with Crippen molar-refractivity contribution < 1.29 is 19.2 Å². The standard InChI is InChI=1S/C12H12N4O5/c1-3-21-9-6-4-5-8(10(9)16(18)19)15-7-13-11(14-15)12(17)20-2/h4-7H,3H2,1-2H3. The van der Waals surface area contributed by atoms with Crippen LogP contribution in [0.1, 0.15) is 17.5 Å². The molecule has 0 N–H and O–H groups in total. The van der Waals surface area contributed by atoms with E-state index in [1.54, 1.807) is 13.0 Å². The first kappa shape index (κ1) is 14.4. The van der Waals surface area contributed by atoms with Crippen molar-refractivity contribution in [1.82, 2.24) is 14.8 Å². The zero-order valence-corrected chi connectivity index (χ0v) is 11.3. The topological polar surface area (TPSA) is 109 Å². The lowest BCUT2D eigenvalue weighted by Crippen LogP contribution is -2.07.